The summed E-state index contributed by atoms with van der Waals surface area (Å²) in [6.45, 7) is 3.99. The van der Waals surface area contributed by atoms with Gasteiger partial charge in [0.05, 0.1) is 6.67 Å². The Morgan fingerprint density at radius 1 is 1.05 bits per heavy atom. The normalized spacial score (nSPS) is 19.8. The number of nitrogens with zero attached hydrogens (tertiary/aromatic N) is 1. The maximum atomic E-state index is 12.9. The van der Waals surface area contributed by atoms with E-state index < -0.39 is 6.36 Å². The van der Waals surface area contributed by atoms with Crippen LogP contribution in [0.15, 0.2) is 72.0 Å². The average molecular weight is 569 g/mol. The van der Waals surface area contributed by atoms with Gasteiger partial charge in [0, 0.05) is 31.7 Å². The molecule has 1 atom stereocenters. The molecule has 0 unspecified atom stereocenters. The van der Waals surface area contributed by atoms with Gasteiger partial charge in [0.15, 0.2) is 0 Å². The Morgan fingerprint density at radius 3 is 2.66 bits per heavy atom. The van der Waals surface area contributed by atoms with Crippen LogP contribution >= 0.6 is 0 Å². The van der Waals surface area contributed by atoms with Gasteiger partial charge in [0.25, 0.3) is 0 Å². The summed E-state index contributed by atoms with van der Waals surface area (Å²) in [7, 11) is 0. The van der Waals surface area contributed by atoms with Crippen molar-refractivity contribution in [3.8, 4) is 5.75 Å². The summed E-state index contributed by atoms with van der Waals surface area (Å²) in [4.78, 5) is 2.25. The van der Waals surface area contributed by atoms with E-state index >= 15 is 0 Å². The number of halogens is 4. The molecule has 1 saturated heterocycles. The van der Waals surface area contributed by atoms with E-state index in [1.807, 2.05) is 31.2 Å². The van der Waals surface area contributed by atoms with E-state index in [-0.39, 0.29) is 18.5 Å². The average Bonchev–Trinajstić information content (AvgIpc) is 3.11. The van der Waals surface area contributed by atoms with Crippen molar-refractivity contribution < 1.29 is 27.0 Å². The first-order valence-electron chi connectivity index (χ1n) is 14.2. The maximum Gasteiger partial charge on any atom is 0.573 e. The summed E-state index contributed by atoms with van der Waals surface area (Å²) < 4.78 is 61.7. The van der Waals surface area contributed by atoms with Crippen molar-refractivity contribution in [3.05, 3.63) is 94.3 Å². The predicted octanol–water partition coefficient (Wildman–Crippen LogP) is 7.94. The third-order valence-corrected chi connectivity index (χ3v) is 7.84. The number of rotatable bonds is 8. The third-order valence-electron chi connectivity index (χ3n) is 7.84. The number of hydrogen-bond acceptors (Lipinski definition) is 4. The minimum atomic E-state index is -4.74. The van der Waals surface area contributed by atoms with Crippen LogP contribution in [0.25, 0.3) is 11.1 Å². The van der Waals surface area contributed by atoms with Crippen molar-refractivity contribution in [2.45, 2.75) is 57.9 Å². The van der Waals surface area contributed by atoms with Crippen molar-refractivity contribution in [1.82, 2.24) is 4.90 Å². The molecule has 1 aliphatic heterocycles. The monoisotopic (exact) mass is 568 g/mol. The van der Waals surface area contributed by atoms with Crippen LogP contribution in [0.2, 0.25) is 0 Å². The predicted molar refractivity (Wildman–Crippen MR) is 155 cm³/mol. The SMILES string of the molecule is Cc1cc(OC(F)(F)F)ccc1C1=C(C2=CC=C(O[C@H]3CCN(CCCF)C3)CC=C2)c2ccc(N)cc2CCC1. The molecule has 5 rings (SSSR count). The molecule has 0 saturated carbocycles. The Balaban J connectivity index is 1.51. The molecule has 218 valence electrons. The summed E-state index contributed by atoms with van der Waals surface area (Å²) >= 11 is 0. The van der Waals surface area contributed by atoms with Crippen LogP contribution in [-0.4, -0.2) is 43.7 Å². The Labute approximate surface area is 238 Å². The van der Waals surface area contributed by atoms with E-state index in [2.05, 4.69) is 27.9 Å². The molecule has 0 radical (unpaired) electrons. The Hall–Kier alpha value is -3.52. The highest BCUT2D eigenvalue weighted by molar-refractivity contribution is 6.01. The van der Waals surface area contributed by atoms with Crippen molar-refractivity contribution in [2.75, 3.05) is 32.0 Å². The fraction of sp³-hybridized carbons (Fsp3) is 0.394. The van der Waals surface area contributed by atoms with Crippen LogP contribution in [0.4, 0.5) is 23.2 Å². The molecule has 1 fully saturated rings. The zero-order valence-electron chi connectivity index (χ0n) is 23.3. The first-order chi connectivity index (χ1) is 19.7. The molecule has 0 spiro atoms. The van der Waals surface area contributed by atoms with Gasteiger partial charge in [-0.3, -0.25) is 9.29 Å². The van der Waals surface area contributed by atoms with Crippen molar-refractivity contribution in [1.29, 1.82) is 0 Å². The second kappa shape index (κ2) is 12.6. The fourth-order valence-electron chi connectivity index (χ4n) is 6.03. The summed E-state index contributed by atoms with van der Waals surface area (Å²) in [6, 6.07) is 10.5. The van der Waals surface area contributed by atoms with Crippen LogP contribution in [0, 0.1) is 6.92 Å². The molecule has 41 heavy (non-hydrogen) atoms. The first-order valence-corrected chi connectivity index (χ1v) is 14.2. The number of aryl methyl sites for hydroxylation is 2. The lowest BCUT2D eigenvalue weighted by atomic mass is 9.86. The lowest BCUT2D eigenvalue weighted by Gasteiger charge is -2.19. The number of alkyl halides is 4. The second-order valence-corrected chi connectivity index (χ2v) is 10.9. The lowest BCUT2D eigenvalue weighted by molar-refractivity contribution is -0.274. The van der Waals surface area contributed by atoms with Crippen LogP contribution < -0.4 is 10.5 Å². The molecule has 1 heterocycles. The van der Waals surface area contributed by atoms with E-state index in [0.717, 1.165) is 90.0 Å². The maximum absolute atomic E-state index is 12.9. The van der Waals surface area contributed by atoms with E-state index in [1.165, 1.54) is 12.1 Å². The summed E-state index contributed by atoms with van der Waals surface area (Å²) in [5, 5.41) is 0. The number of hydrogen-bond donors (Lipinski definition) is 1. The van der Waals surface area contributed by atoms with Gasteiger partial charge in [0.1, 0.15) is 17.6 Å². The van der Waals surface area contributed by atoms with Crippen LogP contribution in [0.3, 0.4) is 0 Å². The second-order valence-electron chi connectivity index (χ2n) is 10.9. The van der Waals surface area contributed by atoms with Gasteiger partial charge in [-0.05, 0) is 108 Å². The minimum Gasteiger partial charge on any atom is -0.493 e. The van der Waals surface area contributed by atoms with E-state index in [0.29, 0.717) is 18.5 Å². The molecule has 0 aromatic heterocycles. The molecule has 3 aliphatic rings. The molecule has 0 amide bonds. The summed E-state index contributed by atoms with van der Waals surface area (Å²) in [5.74, 6) is 0.655. The Bertz CT molecular complexity index is 1390. The fourth-order valence-corrected chi connectivity index (χ4v) is 6.03. The van der Waals surface area contributed by atoms with Crippen molar-refractivity contribution >= 4 is 16.8 Å². The minimum absolute atomic E-state index is 0.0839. The van der Waals surface area contributed by atoms with Gasteiger partial charge in [-0.2, -0.15) is 0 Å². The molecule has 2 N–H and O–H groups in total. The van der Waals surface area contributed by atoms with Gasteiger partial charge < -0.3 is 15.2 Å². The Kier molecular flexibility index (Phi) is 8.88. The van der Waals surface area contributed by atoms with Gasteiger partial charge in [-0.15, -0.1) is 13.2 Å². The standard InChI is InChI=1S/C33H36F4N2O2/c1-22-19-27(41-33(35,36)37)12-14-29(22)31-8-3-6-24-20-25(38)10-13-30(24)32(31)23-5-2-7-26(11-9-23)40-28-15-18-39(21-28)17-4-16-34/h2,5,9-14,19-20,28H,3-4,6-8,15-18,21,38H2,1H3/t28-/m0/s1. The highest BCUT2D eigenvalue weighted by atomic mass is 19.4. The number of allylic oxidation sites excluding steroid dienone is 7. The third kappa shape index (κ3) is 7.22. The Morgan fingerprint density at radius 2 is 1.88 bits per heavy atom. The van der Waals surface area contributed by atoms with Gasteiger partial charge in [-0.1, -0.05) is 30.4 Å². The first kappa shape index (κ1) is 29.0. The largest absolute Gasteiger partial charge is 0.573 e. The quantitative estimate of drug-likeness (QED) is 0.259. The molecular formula is C33H36F4N2O2. The number of anilines is 1. The lowest BCUT2D eigenvalue weighted by Crippen LogP contribution is -2.24. The number of nitrogen functional groups attached to an aromatic ring is 1. The zero-order chi connectivity index (χ0) is 29.0. The van der Waals surface area contributed by atoms with Crippen molar-refractivity contribution in [3.63, 3.8) is 0 Å². The van der Waals surface area contributed by atoms with Gasteiger partial charge in [0.2, 0.25) is 0 Å². The molecule has 8 heteroatoms. The topological polar surface area (TPSA) is 47.7 Å². The molecule has 2 aromatic rings. The van der Waals surface area contributed by atoms with Crippen LogP contribution in [0.5, 0.6) is 5.75 Å². The number of benzene rings is 2. The number of nitrogens with two attached hydrogens (primary N) is 1. The van der Waals surface area contributed by atoms with Crippen LogP contribution in [0.1, 0.15) is 54.4 Å². The molecular weight excluding hydrogens is 532 g/mol. The number of likely N-dealkylation sites (tertiary alicyclic amines) is 1. The van der Waals surface area contributed by atoms with E-state index in [4.69, 9.17) is 10.5 Å². The molecule has 2 aromatic carbocycles. The molecule has 2 aliphatic carbocycles. The van der Waals surface area contributed by atoms with Gasteiger partial charge >= 0.3 is 6.36 Å². The smallest absolute Gasteiger partial charge is 0.493 e. The van der Waals surface area contributed by atoms with E-state index in [1.54, 1.807) is 6.07 Å². The van der Waals surface area contributed by atoms with Crippen molar-refractivity contribution in [2.24, 2.45) is 0 Å². The summed E-state index contributed by atoms with van der Waals surface area (Å²) in [6.07, 6.45) is 8.26. The zero-order valence-corrected chi connectivity index (χ0v) is 23.3. The van der Waals surface area contributed by atoms with Crippen LogP contribution in [-0.2, 0) is 11.2 Å². The van der Waals surface area contributed by atoms with Gasteiger partial charge in [-0.25, -0.2) is 0 Å². The summed E-state index contributed by atoms with van der Waals surface area (Å²) in [5.41, 5.74) is 13.9. The number of ether oxygens (including phenoxy) is 2. The highest BCUT2D eigenvalue weighted by Gasteiger charge is 2.31. The number of fused-ring (bicyclic) bond motifs is 1. The van der Waals surface area contributed by atoms with E-state index in [9.17, 15) is 17.6 Å². The highest BCUT2D eigenvalue weighted by Crippen LogP contribution is 2.43. The molecule has 0 bridgehead atoms. The molecule has 4 nitrogen and oxygen atoms in total.